The van der Waals surface area contributed by atoms with Gasteiger partial charge in [-0.2, -0.15) is 11.3 Å². The third kappa shape index (κ3) is 1.95. The number of anilines is 1. The molecule has 19 heavy (non-hydrogen) atoms. The van der Waals surface area contributed by atoms with Crippen molar-refractivity contribution in [3.8, 4) is 0 Å². The van der Waals surface area contributed by atoms with Crippen LogP contribution < -0.4 is 5.32 Å². The van der Waals surface area contributed by atoms with Gasteiger partial charge in [0.25, 0.3) is 0 Å². The number of Topliss-reactive ketones (excluding diaryl/α,β-unsaturated/α-hetero) is 1. The number of ketones is 1. The molecule has 0 saturated carbocycles. The Hall–Kier alpha value is -1.72. The molecule has 1 aliphatic heterocycles. The number of benzene rings is 1. The van der Waals surface area contributed by atoms with Crippen LogP contribution in [0.3, 0.4) is 0 Å². The number of hydrogen-bond donors (Lipinski definition) is 1. The molecule has 3 nitrogen and oxygen atoms in total. The Morgan fingerprint density at radius 2 is 2.21 bits per heavy atom. The first-order valence-electron chi connectivity index (χ1n) is 5.44. The van der Waals surface area contributed by atoms with Crippen molar-refractivity contribution in [1.82, 2.24) is 0 Å². The molecule has 1 amide bonds. The predicted octanol–water partition coefficient (Wildman–Crippen LogP) is 3.46. The molecular formula is C13H7ClFNO2S. The van der Waals surface area contributed by atoms with E-state index in [0.29, 0.717) is 16.8 Å². The first-order valence-corrected chi connectivity index (χ1v) is 6.76. The lowest BCUT2D eigenvalue weighted by molar-refractivity contribution is -0.116. The normalized spacial score (nSPS) is 17.2. The molecule has 3 rings (SSSR count). The summed E-state index contributed by atoms with van der Waals surface area (Å²) in [7, 11) is 0. The minimum atomic E-state index is -1.00. The number of amides is 1. The fourth-order valence-electron chi connectivity index (χ4n) is 2.09. The summed E-state index contributed by atoms with van der Waals surface area (Å²) in [4.78, 5) is 24.2. The van der Waals surface area contributed by atoms with Gasteiger partial charge in [-0.1, -0.05) is 11.6 Å². The van der Waals surface area contributed by atoms with Gasteiger partial charge >= 0.3 is 0 Å². The largest absolute Gasteiger partial charge is 0.325 e. The van der Waals surface area contributed by atoms with E-state index in [1.807, 2.05) is 0 Å². The van der Waals surface area contributed by atoms with Crippen LogP contribution in [-0.2, 0) is 4.79 Å². The highest BCUT2D eigenvalue weighted by Gasteiger charge is 2.37. The quantitative estimate of drug-likeness (QED) is 0.681. The average Bonchev–Trinajstić information content (AvgIpc) is 2.97. The highest BCUT2D eigenvalue weighted by atomic mass is 35.5. The number of rotatable bonds is 2. The molecule has 1 aliphatic rings. The van der Waals surface area contributed by atoms with Crippen molar-refractivity contribution in [3.05, 3.63) is 50.9 Å². The van der Waals surface area contributed by atoms with Gasteiger partial charge in [0.15, 0.2) is 5.78 Å². The van der Waals surface area contributed by atoms with Crippen LogP contribution in [0.4, 0.5) is 10.1 Å². The van der Waals surface area contributed by atoms with Crippen molar-refractivity contribution in [2.45, 2.75) is 5.92 Å². The van der Waals surface area contributed by atoms with Crippen molar-refractivity contribution >= 4 is 40.3 Å². The Kier molecular flexibility index (Phi) is 2.88. The van der Waals surface area contributed by atoms with Gasteiger partial charge < -0.3 is 5.32 Å². The van der Waals surface area contributed by atoms with Gasteiger partial charge in [0.05, 0.1) is 5.02 Å². The highest BCUT2D eigenvalue weighted by molar-refractivity contribution is 7.08. The molecule has 0 spiro atoms. The smallest absolute Gasteiger partial charge is 0.239 e. The minimum absolute atomic E-state index is 0.0808. The highest BCUT2D eigenvalue weighted by Crippen LogP contribution is 2.37. The molecule has 2 aromatic rings. The summed E-state index contributed by atoms with van der Waals surface area (Å²) in [5.74, 6) is -2.43. The molecule has 1 N–H and O–H groups in total. The summed E-state index contributed by atoms with van der Waals surface area (Å²) in [6, 6.07) is 4.11. The number of halogens is 2. The van der Waals surface area contributed by atoms with E-state index in [-0.39, 0.29) is 10.8 Å². The van der Waals surface area contributed by atoms with Gasteiger partial charge in [-0.25, -0.2) is 4.39 Å². The maximum absolute atomic E-state index is 13.5. The SMILES string of the molecule is O=C1Nc2cc(Cl)c(F)cc2C1C(=O)c1ccsc1. The summed E-state index contributed by atoms with van der Waals surface area (Å²) < 4.78 is 13.5. The molecule has 1 unspecified atom stereocenters. The lowest BCUT2D eigenvalue weighted by Crippen LogP contribution is -2.20. The van der Waals surface area contributed by atoms with E-state index < -0.39 is 17.6 Å². The lowest BCUT2D eigenvalue weighted by atomic mass is 9.93. The van der Waals surface area contributed by atoms with Crippen molar-refractivity contribution in [2.24, 2.45) is 0 Å². The van der Waals surface area contributed by atoms with Crippen LogP contribution in [0.15, 0.2) is 29.0 Å². The zero-order valence-electron chi connectivity index (χ0n) is 9.44. The topological polar surface area (TPSA) is 46.2 Å². The fraction of sp³-hybridized carbons (Fsp3) is 0.0769. The molecule has 0 fully saturated rings. The van der Waals surface area contributed by atoms with Gasteiger partial charge in [0.1, 0.15) is 11.7 Å². The summed E-state index contributed by atoms with van der Waals surface area (Å²) in [6.45, 7) is 0. The lowest BCUT2D eigenvalue weighted by Gasteiger charge is -2.06. The van der Waals surface area contributed by atoms with Crippen LogP contribution in [0, 0.1) is 5.82 Å². The molecule has 2 heterocycles. The van der Waals surface area contributed by atoms with E-state index in [4.69, 9.17) is 11.6 Å². The molecule has 96 valence electrons. The van der Waals surface area contributed by atoms with Gasteiger partial charge in [0, 0.05) is 16.6 Å². The van der Waals surface area contributed by atoms with E-state index in [0.717, 1.165) is 6.07 Å². The standard InChI is InChI=1S/C13H7ClFNO2S/c14-8-4-10-7(3-9(8)15)11(13(18)16-10)12(17)6-1-2-19-5-6/h1-5,11H,(H,16,18). The average molecular weight is 296 g/mol. The van der Waals surface area contributed by atoms with Crippen molar-refractivity contribution in [3.63, 3.8) is 0 Å². The van der Waals surface area contributed by atoms with Crippen LogP contribution in [0.5, 0.6) is 0 Å². The maximum atomic E-state index is 13.5. The van der Waals surface area contributed by atoms with Gasteiger partial charge in [-0.3, -0.25) is 9.59 Å². The molecular weight excluding hydrogens is 289 g/mol. The molecule has 0 aliphatic carbocycles. The summed E-state index contributed by atoms with van der Waals surface area (Å²) in [6.07, 6.45) is 0. The Morgan fingerprint density at radius 3 is 2.89 bits per heavy atom. The second-order valence-electron chi connectivity index (χ2n) is 4.15. The van der Waals surface area contributed by atoms with E-state index >= 15 is 0 Å². The number of fused-ring (bicyclic) bond motifs is 1. The van der Waals surface area contributed by atoms with Gasteiger partial charge in [-0.15, -0.1) is 0 Å². The second kappa shape index (κ2) is 4.43. The molecule has 0 saturated heterocycles. The molecule has 1 aromatic carbocycles. The molecule has 0 bridgehead atoms. The van der Waals surface area contributed by atoms with Crippen molar-refractivity contribution < 1.29 is 14.0 Å². The van der Waals surface area contributed by atoms with E-state index in [9.17, 15) is 14.0 Å². The Bertz CT molecular complexity index is 684. The predicted molar refractivity (Wildman–Crippen MR) is 71.4 cm³/mol. The van der Waals surface area contributed by atoms with Crippen molar-refractivity contribution in [1.29, 1.82) is 0 Å². The van der Waals surface area contributed by atoms with Crippen LogP contribution in [0.2, 0.25) is 5.02 Å². The van der Waals surface area contributed by atoms with Crippen LogP contribution in [0.1, 0.15) is 21.8 Å². The number of hydrogen-bond acceptors (Lipinski definition) is 3. The van der Waals surface area contributed by atoms with E-state index in [1.165, 1.54) is 17.4 Å². The van der Waals surface area contributed by atoms with E-state index in [2.05, 4.69) is 5.32 Å². The second-order valence-corrected chi connectivity index (χ2v) is 5.34. The summed E-state index contributed by atoms with van der Waals surface area (Å²) in [5.41, 5.74) is 1.18. The van der Waals surface area contributed by atoms with Crippen molar-refractivity contribution in [2.75, 3.05) is 5.32 Å². The fourth-order valence-corrected chi connectivity index (χ4v) is 2.90. The third-order valence-corrected chi connectivity index (χ3v) is 3.96. The molecule has 0 radical (unpaired) electrons. The van der Waals surface area contributed by atoms with Gasteiger partial charge in [-0.05, 0) is 29.1 Å². The number of thiophene rings is 1. The Morgan fingerprint density at radius 1 is 1.42 bits per heavy atom. The number of carbonyl (C=O) groups excluding carboxylic acids is 2. The zero-order valence-corrected chi connectivity index (χ0v) is 11.0. The first kappa shape index (κ1) is 12.3. The molecule has 6 heteroatoms. The van der Waals surface area contributed by atoms with Crippen LogP contribution in [-0.4, -0.2) is 11.7 Å². The van der Waals surface area contributed by atoms with E-state index in [1.54, 1.807) is 16.8 Å². The Balaban J connectivity index is 2.08. The maximum Gasteiger partial charge on any atom is 0.239 e. The summed E-state index contributed by atoms with van der Waals surface area (Å²) >= 11 is 7.02. The Labute approximate surface area is 117 Å². The number of carbonyl (C=O) groups is 2. The minimum Gasteiger partial charge on any atom is -0.325 e. The monoisotopic (exact) mass is 295 g/mol. The molecule has 1 aromatic heterocycles. The summed E-state index contributed by atoms with van der Waals surface area (Å²) in [5, 5.41) is 5.89. The van der Waals surface area contributed by atoms with Crippen LogP contribution >= 0.6 is 22.9 Å². The zero-order chi connectivity index (χ0) is 13.6. The number of nitrogens with one attached hydrogen (secondary N) is 1. The first-order chi connectivity index (χ1) is 9.08. The van der Waals surface area contributed by atoms with Crippen LogP contribution in [0.25, 0.3) is 0 Å². The molecule has 1 atom stereocenters. The third-order valence-electron chi connectivity index (χ3n) is 2.99. The van der Waals surface area contributed by atoms with Gasteiger partial charge in [0.2, 0.25) is 5.91 Å².